The predicted molar refractivity (Wildman–Crippen MR) is 131 cm³/mol. The zero-order valence-corrected chi connectivity index (χ0v) is 21.1. The van der Waals surface area contributed by atoms with Crippen molar-refractivity contribution >= 4 is 29.2 Å². The van der Waals surface area contributed by atoms with E-state index in [1.807, 2.05) is 0 Å². The highest BCUT2D eigenvalue weighted by Gasteiger charge is 2.59. The van der Waals surface area contributed by atoms with Gasteiger partial charge in [0.1, 0.15) is 11.5 Å². The van der Waals surface area contributed by atoms with E-state index in [1.165, 1.54) is 68.6 Å². The first-order valence-corrected chi connectivity index (χ1v) is 11.6. The van der Waals surface area contributed by atoms with E-state index in [4.69, 9.17) is 21.1 Å². The Labute approximate surface area is 220 Å². The van der Waals surface area contributed by atoms with E-state index in [0.29, 0.717) is 0 Å². The topological polar surface area (TPSA) is 98.2 Å². The molecule has 0 saturated carbocycles. The lowest BCUT2D eigenvalue weighted by Crippen LogP contribution is -2.47. The van der Waals surface area contributed by atoms with Gasteiger partial charge < -0.3 is 24.2 Å². The molecule has 1 aromatic heterocycles. The first-order valence-electron chi connectivity index (χ1n) is 11.2. The van der Waals surface area contributed by atoms with Crippen LogP contribution in [0.3, 0.4) is 0 Å². The van der Waals surface area contributed by atoms with Gasteiger partial charge in [-0.05, 0) is 41.5 Å². The first kappa shape index (κ1) is 27.2. The van der Waals surface area contributed by atoms with Crippen molar-refractivity contribution in [2.75, 3.05) is 25.7 Å². The zero-order chi connectivity index (χ0) is 27.8. The van der Waals surface area contributed by atoms with Gasteiger partial charge in [-0.1, -0.05) is 30.7 Å². The standard InChI is InChI=1S/C26H22ClF3N2O6/c1-14(18-7-6-17(11-19(18)27)38-22-9-4-15(12-31-22)24(34)36-3)25(35,26(28,29)30)16-5-8-21-20(10-16)32(2)23(33)13-37-21/h4-12,14,35H,13H2,1-3H3. The summed E-state index contributed by atoms with van der Waals surface area (Å²) in [5, 5.41) is 11.1. The number of likely N-dealkylation sites (N-methyl/N-ethyl adjacent to an activating group) is 1. The average Bonchev–Trinajstić information content (AvgIpc) is 2.89. The van der Waals surface area contributed by atoms with Crippen LogP contribution in [0, 0.1) is 0 Å². The number of pyridine rings is 1. The van der Waals surface area contributed by atoms with Gasteiger partial charge in [-0.15, -0.1) is 0 Å². The van der Waals surface area contributed by atoms with Crippen molar-refractivity contribution in [2.24, 2.45) is 0 Å². The lowest BCUT2D eigenvalue weighted by Gasteiger charge is -2.38. The molecule has 0 radical (unpaired) electrons. The molecule has 2 aromatic carbocycles. The van der Waals surface area contributed by atoms with Gasteiger partial charge in [-0.2, -0.15) is 13.2 Å². The van der Waals surface area contributed by atoms with Crippen LogP contribution in [0.1, 0.15) is 34.3 Å². The van der Waals surface area contributed by atoms with Crippen molar-refractivity contribution in [1.82, 2.24) is 4.98 Å². The molecule has 1 aliphatic heterocycles. The minimum Gasteiger partial charge on any atom is -0.482 e. The summed E-state index contributed by atoms with van der Waals surface area (Å²) < 4.78 is 58.9. The Morgan fingerprint density at radius 3 is 2.53 bits per heavy atom. The van der Waals surface area contributed by atoms with Crippen molar-refractivity contribution in [3.05, 3.63) is 76.4 Å². The highest BCUT2D eigenvalue weighted by atomic mass is 35.5. The summed E-state index contributed by atoms with van der Waals surface area (Å²) in [4.78, 5) is 28.7. The third-order valence-electron chi connectivity index (χ3n) is 6.36. The van der Waals surface area contributed by atoms with E-state index in [0.717, 1.165) is 12.1 Å². The number of fused-ring (bicyclic) bond motifs is 1. The van der Waals surface area contributed by atoms with E-state index in [2.05, 4.69) is 9.72 Å². The Kier molecular flexibility index (Phi) is 7.26. The van der Waals surface area contributed by atoms with Crippen molar-refractivity contribution in [2.45, 2.75) is 24.6 Å². The monoisotopic (exact) mass is 550 g/mol. The molecule has 3 aromatic rings. The number of hydrogen-bond donors (Lipinski definition) is 1. The number of methoxy groups -OCH3 is 1. The lowest BCUT2D eigenvalue weighted by molar-refractivity contribution is -0.274. The molecule has 0 bridgehead atoms. The summed E-state index contributed by atoms with van der Waals surface area (Å²) in [6.07, 6.45) is -3.86. The average molecular weight is 551 g/mol. The van der Waals surface area contributed by atoms with Crippen molar-refractivity contribution in [1.29, 1.82) is 0 Å². The number of aliphatic hydroxyl groups is 1. The normalized spacial score (nSPS) is 15.7. The SMILES string of the molecule is COC(=O)c1ccc(Oc2ccc(C(C)C(O)(c3ccc4c(c3)N(C)C(=O)CO4)C(F)(F)F)c(Cl)c2)nc1. The van der Waals surface area contributed by atoms with Crippen LogP contribution in [0.25, 0.3) is 0 Å². The second kappa shape index (κ2) is 10.1. The maximum Gasteiger partial charge on any atom is 0.422 e. The van der Waals surface area contributed by atoms with Crippen LogP contribution < -0.4 is 14.4 Å². The van der Waals surface area contributed by atoms with Crippen LogP contribution in [0.15, 0.2) is 54.7 Å². The molecule has 0 fully saturated rings. The highest BCUT2D eigenvalue weighted by molar-refractivity contribution is 6.31. The molecular formula is C26H22ClF3N2O6. The largest absolute Gasteiger partial charge is 0.482 e. The summed E-state index contributed by atoms with van der Waals surface area (Å²) in [6.45, 7) is 0.963. The fraction of sp³-hybridized carbons (Fsp3) is 0.269. The molecule has 1 aliphatic rings. The number of rotatable bonds is 6. The van der Waals surface area contributed by atoms with Gasteiger partial charge in [0, 0.05) is 30.3 Å². The smallest absolute Gasteiger partial charge is 0.422 e. The molecule has 0 spiro atoms. The third-order valence-corrected chi connectivity index (χ3v) is 6.69. The van der Waals surface area contributed by atoms with E-state index in [9.17, 15) is 27.9 Å². The highest BCUT2D eigenvalue weighted by Crippen LogP contribution is 2.51. The summed E-state index contributed by atoms with van der Waals surface area (Å²) >= 11 is 6.36. The minimum absolute atomic E-state index is 0.00578. The maximum absolute atomic E-state index is 14.5. The number of esters is 1. The van der Waals surface area contributed by atoms with E-state index in [1.54, 1.807) is 0 Å². The van der Waals surface area contributed by atoms with Crippen molar-refractivity contribution in [3.8, 4) is 17.4 Å². The maximum atomic E-state index is 14.5. The predicted octanol–water partition coefficient (Wildman–Crippen LogP) is 5.22. The quantitative estimate of drug-likeness (QED) is 0.420. The number of carbonyl (C=O) groups excluding carboxylic acids is 2. The number of aromatic nitrogens is 1. The zero-order valence-electron chi connectivity index (χ0n) is 20.4. The minimum atomic E-state index is -5.11. The van der Waals surface area contributed by atoms with Gasteiger partial charge in [-0.25, -0.2) is 9.78 Å². The molecule has 12 heteroatoms. The van der Waals surface area contributed by atoms with E-state index in [-0.39, 0.29) is 45.8 Å². The molecule has 2 atom stereocenters. The molecular weight excluding hydrogens is 529 g/mol. The summed E-state index contributed by atoms with van der Waals surface area (Å²) in [5.74, 6) is -2.08. The van der Waals surface area contributed by atoms with Crippen molar-refractivity contribution in [3.63, 3.8) is 0 Å². The Bertz CT molecular complexity index is 1380. The fourth-order valence-electron chi connectivity index (χ4n) is 4.12. The molecule has 0 aliphatic carbocycles. The van der Waals surface area contributed by atoms with Gasteiger partial charge in [0.2, 0.25) is 5.88 Å². The number of amides is 1. The number of hydrogen-bond acceptors (Lipinski definition) is 7. The third kappa shape index (κ3) is 4.86. The Morgan fingerprint density at radius 2 is 1.92 bits per heavy atom. The van der Waals surface area contributed by atoms with Crippen LogP contribution in [0.2, 0.25) is 5.02 Å². The Balaban J connectivity index is 1.66. The number of halogens is 4. The van der Waals surface area contributed by atoms with E-state index >= 15 is 0 Å². The summed E-state index contributed by atoms with van der Waals surface area (Å²) in [6, 6.07) is 10.3. The van der Waals surface area contributed by atoms with Gasteiger partial charge >= 0.3 is 12.1 Å². The molecule has 38 heavy (non-hydrogen) atoms. The van der Waals surface area contributed by atoms with Crippen LogP contribution in [-0.4, -0.2) is 48.9 Å². The molecule has 200 valence electrons. The first-order chi connectivity index (χ1) is 17.9. The van der Waals surface area contributed by atoms with E-state index < -0.39 is 35.1 Å². The van der Waals surface area contributed by atoms with Gasteiger partial charge in [-0.3, -0.25) is 4.79 Å². The second-order valence-electron chi connectivity index (χ2n) is 8.57. The number of anilines is 1. The molecule has 4 rings (SSSR count). The molecule has 8 nitrogen and oxygen atoms in total. The van der Waals surface area contributed by atoms with Gasteiger partial charge in [0.15, 0.2) is 12.2 Å². The van der Waals surface area contributed by atoms with Crippen LogP contribution in [-0.2, 0) is 15.1 Å². The van der Waals surface area contributed by atoms with Crippen LogP contribution in [0.4, 0.5) is 18.9 Å². The number of carbonyl (C=O) groups is 2. The molecule has 1 amide bonds. The molecule has 1 N–H and O–H groups in total. The summed E-state index contributed by atoms with van der Waals surface area (Å²) in [7, 11) is 2.65. The Morgan fingerprint density at radius 1 is 1.18 bits per heavy atom. The number of ether oxygens (including phenoxy) is 3. The molecule has 2 unspecified atom stereocenters. The molecule has 0 saturated heterocycles. The van der Waals surface area contributed by atoms with Crippen molar-refractivity contribution < 1.29 is 42.1 Å². The van der Waals surface area contributed by atoms with Crippen LogP contribution in [0.5, 0.6) is 17.4 Å². The fourth-order valence-corrected chi connectivity index (χ4v) is 4.45. The second-order valence-corrected chi connectivity index (χ2v) is 8.98. The van der Waals surface area contributed by atoms with Gasteiger partial charge in [0.25, 0.3) is 5.91 Å². The number of nitrogens with zero attached hydrogens (tertiary/aromatic N) is 2. The molecule has 2 heterocycles. The van der Waals surface area contributed by atoms with Crippen LogP contribution >= 0.6 is 11.6 Å². The summed E-state index contributed by atoms with van der Waals surface area (Å²) in [5.41, 5.74) is -3.52. The number of alkyl halides is 3. The van der Waals surface area contributed by atoms with Gasteiger partial charge in [0.05, 0.1) is 18.4 Å². The number of benzene rings is 2. The lowest BCUT2D eigenvalue weighted by atomic mass is 9.77. The Hall–Kier alpha value is -3.83.